The number of carbonyl (C=O) groups excluding carboxylic acids is 1. The van der Waals surface area contributed by atoms with Crippen molar-refractivity contribution in [2.45, 2.75) is 26.2 Å². The average Bonchev–Trinajstić information content (AvgIpc) is 3.24. The van der Waals surface area contributed by atoms with E-state index in [1.165, 1.54) is 0 Å². The molecule has 1 aliphatic heterocycles. The van der Waals surface area contributed by atoms with E-state index >= 15 is 0 Å². The van der Waals surface area contributed by atoms with Crippen LogP contribution in [0.5, 0.6) is 5.75 Å². The van der Waals surface area contributed by atoms with E-state index in [9.17, 15) is 4.79 Å². The fourth-order valence-corrected chi connectivity index (χ4v) is 4.28. The maximum Gasteiger partial charge on any atom is 0.228 e. The normalized spacial score (nSPS) is 15.5. The summed E-state index contributed by atoms with van der Waals surface area (Å²) in [5.74, 6) is 1.76. The highest BCUT2D eigenvalue weighted by Crippen LogP contribution is 2.27. The lowest BCUT2D eigenvalue weighted by molar-refractivity contribution is -0.131. The third-order valence-electron chi connectivity index (χ3n) is 5.12. The third-order valence-corrected chi connectivity index (χ3v) is 6.01. The Bertz CT molecular complexity index is 922. The Morgan fingerprint density at radius 2 is 2.15 bits per heavy atom. The van der Waals surface area contributed by atoms with E-state index in [1.54, 1.807) is 18.4 Å². The van der Waals surface area contributed by atoms with Gasteiger partial charge in [-0.05, 0) is 30.9 Å². The second kappa shape index (κ2) is 7.11. The summed E-state index contributed by atoms with van der Waals surface area (Å²) in [6, 6.07) is 7.88. The number of amides is 1. The van der Waals surface area contributed by atoms with Crippen LogP contribution < -0.4 is 4.74 Å². The van der Waals surface area contributed by atoms with Gasteiger partial charge >= 0.3 is 0 Å². The Balaban J connectivity index is 1.55. The van der Waals surface area contributed by atoms with Gasteiger partial charge in [0.1, 0.15) is 5.75 Å². The number of methoxy groups -OCH3 is 1. The number of carbonyl (C=O) groups is 1. The predicted molar refractivity (Wildman–Crippen MR) is 104 cm³/mol. The molecule has 1 fully saturated rings. The van der Waals surface area contributed by atoms with E-state index in [0.29, 0.717) is 6.42 Å². The highest BCUT2D eigenvalue weighted by atomic mass is 32.1. The molecule has 0 radical (unpaired) electrons. The van der Waals surface area contributed by atoms with Crippen LogP contribution in [0.3, 0.4) is 0 Å². The number of hydrogen-bond donors (Lipinski definition) is 0. The van der Waals surface area contributed by atoms with Crippen molar-refractivity contribution in [3.05, 3.63) is 41.5 Å². The monoisotopic (exact) mass is 369 g/mol. The van der Waals surface area contributed by atoms with E-state index in [1.807, 2.05) is 45.1 Å². The standard InChI is InChI=1S/C20H23N3O2S/c1-14-6-8-22(9-7-14)19(24)11-16-13-26-20-21-18(12-23(16)20)15-4-3-5-17(10-15)25-2/h3-5,10,12-14H,6-9,11H2,1-2H3. The van der Waals surface area contributed by atoms with Crippen molar-refractivity contribution in [2.24, 2.45) is 5.92 Å². The number of fused-ring (bicyclic) bond motifs is 1. The molecule has 0 N–H and O–H groups in total. The van der Waals surface area contributed by atoms with Gasteiger partial charge in [-0.25, -0.2) is 4.98 Å². The van der Waals surface area contributed by atoms with Crippen molar-refractivity contribution < 1.29 is 9.53 Å². The molecule has 26 heavy (non-hydrogen) atoms. The second-order valence-electron chi connectivity index (χ2n) is 6.98. The van der Waals surface area contributed by atoms with E-state index in [0.717, 1.165) is 59.5 Å². The van der Waals surface area contributed by atoms with E-state index in [-0.39, 0.29) is 5.91 Å². The number of ether oxygens (including phenoxy) is 1. The molecule has 136 valence electrons. The molecule has 2 aromatic heterocycles. The van der Waals surface area contributed by atoms with Crippen molar-refractivity contribution in [3.63, 3.8) is 0 Å². The van der Waals surface area contributed by atoms with Gasteiger partial charge in [-0.1, -0.05) is 19.1 Å². The summed E-state index contributed by atoms with van der Waals surface area (Å²) in [5, 5.41) is 2.04. The lowest BCUT2D eigenvalue weighted by atomic mass is 9.99. The topological polar surface area (TPSA) is 46.8 Å². The second-order valence-corrected chi connectivity index (χ2v) is 7.81. The average molecular weight is 369 g/mol. The molecule has 1 aliphatic rings. The molecule has 3 heterocycles. The molecule has 1 aromatic carbocycles. The van der Waals surface area contributed by atoms with Crippen molar-refractivity contribution in [1.82, 2.24) is 14.3 Å². The minimum atomic E-state index is 0.216. The van der Waals surface area contributed by atoms with Crippen molar-refractivity contribution in [1.29, 1.82) is 0 Å². The number of rotatable bonds is 4. The first-order chi connectivity index (χ1) is 12.6. The number of piperidine rings is 1. The number of nitrogens with zero attached hydrogens (tertiary/aromatic N) is 3. The van der Waals surface area contributed by atoms with Gasteiger partial charge in [-0.2, -0.15) is 0 Å². The Morgan fingerprint density at radius 1 is 1.35 bits per heavy atom. The molecule has 0 atom stereocenters. The van der Waals surface area contributed by atoms with E-state index < -0.39 is 0 Å². The highest BCUT2D eigenvalue weighted by Gasteiger charge is 2.21. The fourth-order valence-electron chi connectivity index (χ4n) is 3.40. The van der Waals surface area contributed by atoms with Crippen LogP contribution in [0.4, 0.5) is 0 Å². The number of likely N-dealkylation sites (tertiary alicyclic amines) is 1. The Morgan fingerprint density at radius 3 is 2.92 bits per heavy atom. The summed E-state index contributed by atoms with van der Waals surface area (Å²) in [7, 11) is 1.66. The lowest BCUT2D eigenvalue weighted by Crippen LogP contribution is -2.38. The maximum atomic E-state index is 12.7. The maximum absolute atomic E-state index is 12.7. The van der Waals surface area contributed by atoms with Gasteiger partial charge in [0.05, 0.1) is 19.2 Å². The molecule has 0 unspecified atom stereocenters. The summed E-state index contributed by atoms with van der Waals surface area (Å²) < 4.78 is 7.35. The van der Waals surface area contributed by atoms with Gasteiger partial charge in [-0.3, -0.25) is 9.20 Å². The van der Waals surface area contributed by atoms with Crippen LogP contribution in [0.25, 0.3) is 16.2 Å². The van der Waals surface area contributed by atoms with Gasteiger partial charge in [-0.15, -0.1) is 11.3 Å². The van der Waals surface area contributed by atoms with Crippen molar-refractivity contribution in [3.8, 4) is 17.0 Å². The zero-order chi connectivity index (χ0) is 18.1. The van der Waals surface area contributed by atoms with Crippen LogP contribution in [0, 0.1) is 5.92 Å². The lowest BCUT2D eigenvalue weighted by Gasteiger charge is -2.30. The molecule has 1 saturated heterocycles. The summed E-state index contributed by atoms with van der Waals surface area (Å²) in [6.45, 7) is 4.02. The van der Waals surface area contributed by atoms with Crippen LogP contribution in [0.1, 0.15) is 25.5 Å². The van der Waals surface area contributed by atoms with E-state index in [2.05, 4.69) is 6.92 Å². The molecule has 0 spiro atoms. The minimum Gasteiger partial charge on any atom is -0.497 e. The number of benzene rings is 1. The van der Waals surface area contributed by atoms with Gasteiger partial charge in [0, 0.05) is 35.9 Å². The number of thiazole rings is 1. The number of imidazole rings is 1. The highest BCUT2D eigenvalue weighted by molar-refractivity contribution is 7.15. The van der Waals surface area contributed by atoms with Gasteiger partial charge in [0.25, 0.3) is 0 Å². The molecular weight excluding hydrogens is 346 g/mol. The number of aromatic nitrogens is 2. The third kappa shape index (κ3) is 3.33. The van der Waals surface area contributed by atoms with Crippen LogP contribution in [-0.4, -0.2) is 40.4 Å². The summed E-state index contributed by atoms with van der Waals surface area (Å²) in [5.41, 5.74) is 2.93. The molecule has 5 nitrogen and oxygen atoms in total. The van der Waals surface area contributed by atoms with Crippen LogP contribution in [0.2, 0.25) is 0 Å². The molecule has 0 aliphatic carbocycles. The molecular formula is C20H23N3O2S. The first kappa shape index (κ1) is 17.1. The van der Waals surface area contributed by atoms with Crippen LogP contribution >= 0.6 is 11.3 Å². The summed E-state index contributed by atoms with van der Waals surface area (Å²) >= 11 is 1.58. The molecule has 6 heteroatoms. The zero-order valence-corrected chi connectivity index (χ0v) is 16.0. The predicted octanol–water partition coefficient (Wildman–Crippen LogP) is 3.87. The van der Waals surface area contributed by atoms with E-state index in [4.69, 9.17) is 9.72 Å². The molecule has 3 aromatic rings. The van der Waals surface area contributed by atoms with Crippen molar-refractivity contribution >= 4 is 22.2 Å². The first-order valence-electron chi connectivity index (χ1n) is 9.01. The quantitative estimate of drug-likeness (QED) is 0.701. The Kier molecular flexibility index (Phi) is 4.68. The van der Waals surface area contributed by atoms with Crippen LogP contribution in [0.15, 0.2) is 35.8 Å². The Hall–Kier alpha value is -2.34. The summed E-state index contributed by atoms with van der Waals surface area (Å²) in [4.78, 5) is 20.3. The van der Waals surface area contributed by atoms with Gasteiger partial charge in [0.2, 0.25) is 5.91 Å². The number of hydrogen-bond acceptors (Lipinski definition) is 4. The molecule has 4 rings (SSSR count). The largest absolute Gasteiger partial charge is 0.497 e. The minimum absolute atomic E-state index is 0.216. The molecule has 1 amide bonds. The SMILES string of the molecule is COc1cccc(-c2cn3c(CC(=O)N4CCC(C)CC4)csc3n2)c1. The summed E-state index contributed by atoms with van der Waals surface area (Å²) in [6.07, 6.45) is 4.66. The zero-order valence-electron chi connectivity index (χ0n) is 15.1. The fraction of sp³-hybridized carbons (Fsp3) is 0.400. The van der Waals surface area contributed by atoms with Crippen LogP contribution in [-0.2, 0) is 11.2 Å². The van der Waals surface area contributed by atoms with Crippen molar-refractivity contribution in [2.75, 3.05) is 20.2 Å². The van der Waals surface area contributed by atoms with Gasteiger partial charge in [0.15, 0.2) is 4.96 Å². The Labute approximate surface area is 157 Å². The molecule has 0 saturated carbocycles. The molecule has 0 bridgehead atoms. The van der Waals surface area contributed by atoms with Gasteiger partial charge < -0.3 is 9.64 Å². The smallest absolute Gasteiger partial charge is 0.228 e. The first-order valence-corrected chi connectivity index (χ1v) is 9.89.